The second-order valence-electron chi connectivity index (χ2n) is 7.47. The average molecular weight is 380 g/mol. The van der Waals surface area contributed by atoms with Crippen molar-refractivity contribution in [2.24, 2.45) is 0 Å². The summed E-state index contributed by atoms with van der Waals surface area (Å²) in [7, 11) is 0. The smallest absolute Gasteiger partial charge is 0.268 e. The van der Waals surface area contributed by atoms with Crippen LogP contribution in [-0.4, -0.2) is 11.5 Å². The van der Waals surface area contributed by atoms with E-state index < -0.39 is 5.60 Å². The molecule has 0 fully saturated rings. The molecule has 0 aliphatic heterocycles. The maximum absolute atomic E-state index is 12.6. The Labute approximate surface area is 159 Å². The Morgan fingerprint density at radius 3 is 2.08 bits per heavy atom. The number of amides is 1. The number of hydrogen-bond donors (Lipinski definition) is 1. The number of ether oxygens (including phenoxy) is 1. The molecule has 0 unspecified atom stereocenters. The van der Waals surface area contributed by atoms with Crippen LogP contribution >= 0.6 is 23.2 Å². The van der Waals surface area contributed by atoms with Crippen molar-refractivity contribution in [3.63, 3.8) is 0 Å². The van der Waals surface area contributed by atoms with E-state index in [1.165, 1.54) is 5.56 Å². The molecule has 2 aromatic rings. The van der Waals surface area contributed by atoms with Gasteiger partial charge in [-0.15, -0.1) is 0 Å². The predicted molar refractivity (Wildman–Crippen MR) is 105 cm³/mol. The summed E-state index contributed by atoms with van der Waals surface area (Å²) in [5, 5.41) is 3.67. The molecule has 0 saturated heterocycles. The van der Waals surface area contributed by atoms with Crippen LogP contribution in [0.25, 0.3) is 0 Å². The molecular formula is C20H23Cl2NO2. The van der Waals surface area contributed by atoms with E-state index in [0.29, 0.717) is 21.5 Å². The van der Waals surface area contributed by atoms with Crippen LogP contribution in [0.2, 0.25) is 10.0 Å². The van der Waals surface area contributed by atoms with E-state index in [0.717, 1.165) is 0 Å². The first-order valence-electron chi connectivity index (χ1n) is 8.05. The monoisotopic (exact) mass is 379 g/mol. The van der Waals surface area contributed by atoms with E-state index in [-0.39, 0.29) is 11.3 Å². The highest BCUT2D eigenvalue weighted by molar-refractivity contribution is 6.36. The van der Waals surface area contributed by atoms with Crippen LogP contribution in [0.4, 0.5) is 5.69 Å². The van der Waals surface area contributed by atoms with Gasteiger partial charge in [-0.25, -0.2) is 0 Å². The van der Waals surface area contributed by atoms with Gasteiger partial charge in [0.2, 0.25) is 0 Å². The van der Waals surface area contributed by atoms with Gasteiger partial charge in [0.15, 0.2) is 5.60 Å². The lowest BCUT2D eigenvalue weighted by atomic mass is 9.87. The molecule has 1 amide bonds. The third kappa shape index (κ3) is 5.13. The molecule has 0 spiro atoms. The molecular weight excluding hydrogens is 357 g/mol. The second-order valence-corrected chi connectivity index (χ2v) is 8.31. The Morgan fingerprint density at radius 1 is 0.960 bits per heavy atom. The molecule has 0 bridgehead atoms. The molecule has 0 saturated carbocycles. The standard InChI is InChI=1S/C20H23Cl2NO2/c1-19(2,3)13-6-9-15(10-7-13)25-20(4,5)18(24)23-17-11-8-14(21)12-16(17)22/h6-12H,1-5H3,(H,23,24). The summed E-state index contributed by atoms with van der Waals surface area (Å²) in [6.45, 7) is 9.87. The van der Waals surface area contributed by atoms with Gasteiger partial charge in [-0.1, -0.05) is 56.1 Å². The number of carbonyl (C=O) groups excluding carboxylic acids is 1. The fraction of sp³-hybridized carbons (Fsp3) is 0.350. The van der Waals surface area contributed by atoms with E-state index in [1.807, 2.05) is 24.3 Å². The molecule has 2 aromatic carbocycles. The third-order valence-corrected chi connectivity index (χ3v) is 4.37. The number of anilines is 1. The van der Waals surface area contributed by atoms with Gasteiger partial charge in [-0.3, -0.25) is 4.79 Å². The predicted octanol–water partition coefficient (Wildman–Crippen LogP) is 6.09. The van der Waals surface area contributed by atoms with Gasteiger partial charge in [-0.05, 0) is 55.2 Å². The van der Waals surface area contributed by atoms with Gasteiger partial charge in [0.1, 0.15) is 5.75 Å². The van der Waals surface area contributed by atoms with Gasteiger partial charge in [0.25, 0.3) is 5.91 Å². The van der Waals surface area contributed by atoms with E-state index in [4.69, 9.17) is 27.9 Å². The lowest BCUT2D eigenvalue weighted by molar-refractivity contribution is -0.128. The number of rotatable bonds is 4. The Kier molecular flexibility index (Phi) is 5.70. The zero-order valence-electron chi connectivity index (χ0n) is 15.1. The summed E-state index contributed by atoms with van der Waals surface area (Å²) in [4.78, 5) is 12.6. The third-order valence-electron chi connectivity index (χ3n) is 3.82. The Morgan fingerprint density at radius 2 is 1.56 bits per heavy atom. The van der Waals surface area contributed by atoms with Gasteiger partial charge >= 0.3 is 0 Å². The number of carbonyl (C=O) groups is 1. The largest absolute Gasteiger partial charge is 0.478 e. The fourth-order valence-electron chi connectivity index (χ4n) is 2.23. The van der Waals surface area contributed by atoms with Gasteiger partial charge < -0.3 is 10.1 Å². The summed E-state index contributed by atoms with van der Waals surface area (Å²) >= 11 is 12.0. The lowest BCUT2D eigenvalue weighted by Gasteiger charge is -2.26. The minimum Gasteiger partial charge on any atom is -0.478 e. The molecule has 0 radical (unpaired) electrons. The summed E-state index contributed by atoms with van der Waals surface area (Å²) in [6.07, 6.45) is 0. The van der Waals surface area contributed by atoms with Crippen LogP contribution in [0.5, 0.6) is 5.75 Å². The maximum atomic E-state index is 12.6. The van der Waals surface area contributed by atoms with Crippen molar-refractivity contribution in [3.05, 3.63) is 58.1 Å². The first-order valence-corrected chi connectivity index (χ1v) is 8.81. The quantitative estimate of drug-likeness (QED) is 0.697. The summed E-state index contributed by atoms with van der Waals surface area (Å²) < 4.78 is 5.89. The lowest BCUT2D eigenvalue weighted by Crippen LogP contribution is -2.42. The molecule has 0 aliphatic carbocycles. The van der Waals surface area contributed by atoms with E-state index in [9.17, 15) is 4.79 Å². The molecule has 2 rings (SSSR count). The van der Waals surface area contributed by atoms with Crippen LogP contribution in [0, 0.1) is 0 Å². The zero-order valence-corrected chi connectivity index (χ0v) is 16.6. The molecule has 3 nitrogen and oxygen atoms in total. The summed E-state index contributed by atoms with van der Waals surface area (Å²) in [5.74, 6) is 0.340. The van der Waals surface area contributed by atoms with Crippen molar-refractivity contribution >= 4 is 34.8 Å². The zero-order chi connectivity index (χ0) is 18.8. The average Bonchev–Trinajstić information content (AvgIpc) is 2.49. The first-order chi connectivity index (χ1) is 11.5. The summed E-state index contributed by atoms with van der Waals surface area (Å²) in [6, 6.07) is 12.7. The van der Waals surface area contributed by atoms with Gasteiger partial charge in [0, 0.05) is 5.02 Å². The Bertz CT molecular complexity index is 762. The number of nitrogens with one attached hydrogen (secondary N) is 1. The van der Waals surface area contributed by atoms with E-state index >= 15 is 0 Å². The SMILES string of the molecule is CC(C)(Oc1ccc(C(C)(C)C)cc1)C(=O)Nc1ccc(Cl)cc1Cl. The van der Waals surface area contributed by atoms with Crippen LogP contribution in [0.3, 0.4) is 0 Å². The highest BCUT2D eigenvalue weighted by Gasteiger charge is 2.30. The number of hydrogen-bond acceptors (Lipinski definition) is 2. The van der Waals surface area contributed by atoms with Crippen molar-refractivity contribution in [1.29, 1.82) is 0 Å². The molecule has 0 aromatic heterocycles. The number of halogens is 2. The number of benzene rings is 2. The van der Waals surface area contributed by atoms with Gasteiger partial charge in [0.05, 0.1) is 10.7 Å². The summed E-state index contributed by atoms with van der Waals surface area (Å²) in [5.41, 5.74) is 0.703. The van der Waals surface area contributed by atoms with Crippen LogP contribution in [0.1, 0.15) is 40.2 Å². The van der Waals surface area contributed by atoms with Crippen LogP contribution in [-0.2, 0) is 10.2 Å². The van der Waals surface area contributed by atoms with Gasteiger partial charge in [-0.2, -0.15) is 0 Å². The maximum Gasteiger partial charge on any atom is 0.268 e. The molecule has 0 heterocycles. The molecule has 25 heavy (non-hydrogen) atoms. The van der Waals surface area contributed by atoms with Crippen LogP contribution in [0.15, 0.2) is 42.5 Å². The highest BCUT2D eigenvalue weighted by atomic mass is 35.5. The van der Waals surface area contributed by atoms with E-state index in [2.05, 4.69) is 26.1 Å². The first kappa shape index (κ1) is 19.6. The van der Waals surface area contributed by atoms with Crippen molar-refractivity contribution < 1.29 is 9.53 Å². The topological polar surface area (TPSA) is 38.3 Å². The molecule has 5 heteroatoms. The highest BCUT2D eigenvalue weighted by Crippen LogP contribution is 2.28. The molecule has 0 atom stereocenters. The normalized spacial score (nSPS) is 12.0. The van der Waals surface area contributed by atoms with E-state index in [1.54, 1.807) is 32.0 Å². The minimum absolute atomic E-state index is 0.0662. The van der Waals surface area contributed by atoms with Crippen molar-refractivity contribution in [3.8, 4) is 5.75 Å². The van der Waals surface area contributed by atoms with Crippen molar-refractivity contribution in [1.82, 2.24) is 0 Å². The Balaban J connectivity index is 2.11. The second kappa shape index (κ2) is 7.27. The molecule has 134 valence electrons. The van der Waals surface area contributed by atoms with Crippen molar-refractivity contribution in [2.75, 3.05) is 5.32 Å². The fourth-order valence-corrected chi connectivity index (χ4v) is 2.68. The molecule has 0 aliphatic rings. The van der Waals surface area contributed by atoms with Crippen LogP contribution < -0.4 is 10.1 Å². The van der Waals surface area contributed by atoms with Crippen molar-refractivity contribution in [2.45, 2.75) is 45.6 Å². The minimum atomic E-state index is -1.06. The molecule has 1 N–H and O–H groups in total. The Hall–Kier alpha value is -1.71.